The number of aromatic nitrogens is 1. The van der Waals surface area contributed by atoms with Crippen molar-refractivity contribution in [2.45, 2.75) is 77.5 Å². The van der Waals surface area contributed by atoms with Gasteiger partial charge in [-0.1, -0.05) is 51.1 Å². The monoisotopic (exact) mass is 588 g/mol. The maximum Gasteiger partial charge on any atom is 0.338 e. The van der Waals surface area contributed by atoms with Crippen LogP contribution in [-0.2, 0) is 14.3 Å². The van der Waals surface area contributed by atoms with Gasteiger partial charge in [-0.3, -0.25) is 0 Å². The molecule has 5 rings (SSSR count). The number of aromatic hydroxyl groups is 1. The summed E-state index contributed by atoms with van der Waals surface area (Å²) in [4.78, 5) is 11.8. The zero-order valence-corrected chi connectivity index (χ0v) is 25.5. The van der Waals surface area contributed by atoms with Gasteiger partial charge in [-0.15, -0.1) is 0 Å². The topological polar surface area (TPSA) is 93.7 Å². The highest BCUT2D eigenvalue weighted by atomic mass is 35.5. The van der Waals surface area contributed by atoms with Crippen LogP contribution in [0.3, 0.4) is 0 Å². The lowest BCUT2D eigenvalue weighted by molar-refractivity contribution is -0.188. The Morgan fingerprint density at radius 3 is 2.50 bits per heavy atom. The Balaban J connectivity index is 1.23. The van der Waals surface area contributed by atoms with Crippen LogP contribution in [0.1, 0.15) is 77.0 Å². The maximum absolute atomic E-state index is 11.8. The van der Waals surface area contributed by atoms with Crippen molar-refractivity contribution in [1.82, 2.24) is 4.57 Å². The van der Waals surface area contributed by atoms with E-state index < -0.39 is 5.60 Å². The Kier molecular flexibility index (Phi) is 7.96. The molecule has 2 aromatic carbocycles. The molecule has 42 heavy (non-hydrogen) atoms. The molecule has 2 aliphatic carbocycles. The summed E-state index contributed by atoms with van der Waals surface area (Å²) in [6.07, 6.45) is 5.77. The van der Waals surface area contributed by atoms with Gasteiger partial charge in [0, 0.05) is 52.5 Å². The highest BCUT2D eigenvalue weighted by Gasteiger charge is 2.65. The number of rotatable bonds is 9. The quantitative estimate of drug-likeness (QED) is 0.162. The summed E-state index contributed by atoms with van der Waals surface area (Å²) in [6.45, 7) is 9.10. The number of benzene rings is 2. The Hall–Kier alpha value is -3.65. The fourth-order valence-corrected chi connectivity index (χ4v) is 7.09. The van der Waals surface area contributed by atoms with Gasteiger partial charge >= 0.3 is 5.97 Å². The Labute approximate surface area is 252 Å². The number of nitrogens with zero attached hydrogens (tertiary/aromatic N) is 2. The minimum atomic E-state index is -0.699. The molecule has 0 aliphatic heterocycles. The molecule has 7 nitrogen and oxygen atoms in total. The van der Waals surface area contributed by atoms with Gasteiger partial charge < -0.3 is 23.9 Å². The average molecular weight is 589 g/mol. The van der Waals surface area contributed by atoms with Crippen LogP contribution in [0.2, 0.25) is 5.02 Å². The summed E-state index contributed by atoms with van der Waals surface area (Å²) < 4.78 is 19.0. The molecule has 0 saturated heterocycles. The lowest BCUT2D eigenvalue weighted by Crippen LogP contribution is -2.66. The number of fused-ring (bicyclic) bond motifs is 1. The third-order valence-corrected chi connectivity index (χ3v) is 9.05. The SMILES string of the molecule is COC(=O)C1(OCCCCC#Cc2ccc3c(O)n([C@H]4C(C)(C)[C@H](Oc5ccc(C#N)c(Cl)c5)C4(C)C)cc3c2)CC1. The van der Waals surface area contributed by atoms with Gasteiger partial charge in [0.15, 0.2) is 11.5 Å². The molecule has 2 saturated carbocycles. The molecule has 0 amide bonds. The first-order valence-electron chi connectivity index (χ1n) is 14.4. The van der Waals surface area contributed by atoms with Gasteiger partial charge in [0.25, 0.3) is 0 Å². The molecule has 0 radical (unpaired) electrons. The van der Waals surface area contributed by atoms with Crippen LogP contribution in [0.15, 0.2) is 42.6 Å². The van der Waals surface area contributed by atoms with E-state index >= 15 is 0 Å². The number of unbranched alkanes of at least 4 members (excludes halogenated alkanes) is 2. The second-order valence-electron chi connectivity index (χ2n) is 12.6. The Bertz CT molecular complexity index is 1600. The Morgan fingerprint density at radius 2 is 1.86 bits per heavy atom. The van der Waals surface area contributed by atoms with E-state index in [9.17, 15) is 15.2 Å². The maximum atomic E-state index is 11.8. The predicted molar refractivity (Wildman–Crippen MR) is 161 cm³/mol. The average Bonchev–Trinajstić information content (AvgIpc) is 3.68. The van der Waals surface area contributed by atoms with Crippen LogP contribution in [0.4, 0.5) is 0 Å². The summed E-state index contributed by atoms with van der Waals surface area (Å²) in [5, 5.41) is 22.5. The van der Waals surface area contributed by atoms with Crippen molar-refractivity contribution >= 4 is 28.3 Å². The molecule has 8 heteroatoms. The van der Waals surface area contributed by atoms with E-state index in [1.165, 1.54) is 7.11 Å². The minimum absolute atomic E-state index is 0.0260. The zero-order valence-electron chi connectivity index (χ0n) is 24.8. The zero-order chi connectivity index (χ0) is 30.3. The molecule has 0 atom stereocenters. The van der Waals surface area contributed by atoms with E-state index in [1.54, 1.807) is 18.2 Å². The first-order chi connectivity index (χ1) is 19.9. The van der Waals surface area contributed by atoms with Gasteiger partial charge in [-0.05, 0) is 56.0 Å². The van der Waals surface area contributed by atoms with Crippen molar-refractivity contribution in [3.8, 4) is 29.5 Å². The third kappa shape index (κ3) is 5.33. The van der Waals surface area contributed by atoms with Crippen LogP contribution in [-0.4, -0.2) is 41.1 Å². The predicted octanol–water partition coefficient (Wildman–Crippen LogP) is 7.17. The van der Waals surface area contributed by atoms with Gasteiger partial charge in [0.2, 0.25) is 0 Å². The van der Waals surface area contributed by atoms with E-state index in [-0.39, 0.29) is 34.8 Å². The van der Waals surface area contributed by atoms with Crippen molar-refractivity contribution in [3.63, 3.8) is 0 Å². The first kappa shape index (κ1) is 29.8. The molecule has 1 heterocycles. The number of esters is 1. The standard InChI is InChI=1S/C34H37ClN2O5/c1-32(2)29(33(3,4)30(32)42-25-13-12-23(20-36)27(35)19-25)37-21-24-18-22(11-14-26(24)28(37)38)10-8-6-7-9-17-41-34(15-16-34)31(39)40-5/h11-14,18-19,21,29-30,38H,6-7,9,15-17H2,1-5H3/t29-,30-. The van der Waals surface area contributed by atoms with Crippen molar-refractivity contribution < 1.29 is 24.1 Å². The number of ether oxygens (including phenoxy) is 3. The normalized spacial score (nSPS) is 21.0. The molecule has 220 valence electrons. The van der Waals surface area contributed by atoms with Crippen LogP contribution in [0.5, 0.6) is 11.6 Å². The fraction of sp³-hybridized carbons (Fsp3) is 0.471. The van der Waals surface area contributed by atoms with Crippen LogP contribution in [0.25, 0.3) is 10.8 Å². The van der Waals surface area contributed by atoms with Crippen molar-refractivity contribution in [2.24, 2.45) is 10.8 Å². The number of hydrogen-bond acceptors (Lipinski definition) is 6. The largest absolute Gasteiger partial charge is 0.494 e. The third-order valence-electron chi connectivity index (χ3n) is 8.74. The fourth-order valence-electron chi connectivity index (χ4n) is 6.88. The number of carbonyl (C=O) groups is 1. The van der Waals surface area contributed by atoms with E-state index in [2.05, 4.69) is 45.6 Å². The summed E-state index contributed by atoms with van der Waals surface area (Å²) in [5.74, 6) is 7.06. The molecular weight excluding hydrogens is 552 g/mol. The highest BCUT2D eigenvalue weighted by Crippen LogP contribution is 2.64. The first-order valence-corrected chi connectivity index (χ1v) is 14.7. The second kappa shape index (κ2) is 11.2. The van der Waals surface area contributed by atoms with Gasteiger partial charge in [0.1, 0.15) is 17.9 Å². The smallest absolute Gasteiger partial charge is 0.338 e. The van der Waals surface area contributed by atoms with Crippen molar-refractivity contribution in [2.75, 3.05) is 13.7 Å². The highest BCUT2D eigenvalue weighted by molar-refractivity contribution is 6.31. The number of hydrogen-bond donors (Lipinski definition) is 1. The molecule has 1 N–H and O–H groups in total. The van der Waals surface area contributed by atoms with E-state index in [0.29, 0.717) is 22.9 Å². The van der Waals surface area contributed by atoms with Crippen molar-refractivity contribution in [3.05, 3.63) is 58.7 Å². The molecule has 3 aromatic rings. The number of halogens is 1. The number of methoxy groups -OCH3 is 1. The molecule has 0 unspecified atom stereocenters. The van der Waals surface area contributed by atoms with Gasteiger partial charge in [-0.2, -0.15) is 5.26 Å². The minimum Gasteiger partial charge on any atom is -0.494 e. The summed E-state index contributed by atoms with van der Waals surface area (Å²) in [6, 6.07) is 13.1. The summed E-state index contributed by atoms with van der Waals surface area (Å²) >= 11 is 6.24. The molecule has 1 aromatic heterocycles. The van der Waals surface area contributed by atoms with Crippen LogP contribution < -0.4 is 4.74 Å². The summed E-state index contributed by atoms with van der Waals surface area (Å²) in [7, 11) is 1.39. The number of carbonyl (C=O) groups excluding carboxylic acids is 1. The van der Waals surface area contributed by atoms with Crippen LogP contribution >= 0.6 is 11.6 Å². The molecule has 0 bridgehead atoms. The van der Waals surface area contributed by atoms with Gasteiger partial charge in [-0.25, -0.2) is 4.79 Å². The molecule has 0 spiro atoms. The van der Waals surface area contributed by atoms with E-state index in [1.807, 2.05) is 29.0 Å². The van der Waals surface area contributed by atoms with Crippen molar-refractivity contribution in [1.29, 1.82) is 5.26 Å². The van der Waals surface area contributed by atoms with Gasteiger partial charge in [0.05, 0.1) is 23.7 Å². The molecule has 2 fully saturated rings. The molecule has 2 aliphatic rings. The van der Waals surface area contributed by atoms with Crippen LogP contribution in [0, 0.1) is 34.0 Å². The second-order valence-corrected chi connectivity index (χ2v) is 13.0. The summed E-state index contributed by atoms with van der Waals surface area (Å²) in [5.41, 5.74) is -0.00747. The lowest BCUT2D eigenvalue weighted by atomic mass is 9.49. The lowest BCUT2D eigenvalue weighted by Gasteiger charge is -2.63. The van der Waals surface area contributed by atoms with E-state index in [0.717, 1.165) is 48.4 Å². The Morgan fingerprint density at radius 1 is 1.12 bits per heavy atom. The molecular formula is C34H37ClN2O5. The number of nitriles is 1. The van der Waals surface area contributed by atoms with E-state index in [4.69, 9.17) is 25.8 Å².